The van der Waals surface area contributed by atoms with Crippen molar-refractivity contribution < 1.29 is 0 Å². The first-order valence-corrected chi connectivity index (χ1v) is 6.62. The first-order valence-electron chi connectivity index (χ1n) is 6.62. The van der Waals surface area contributed by atoms with Crippen molar-refractivity contribution in [3.63, 3.8) is 0 Å². The summed E-state index contributed by atoms with van der Waals surface area (Å²) in [5.74, 6) is 0. The fraction of sp³-hybridized carbons (Fsp3) is 0.111. The molecule has 0 saturated heterocycles. The maximum Gasteiger partial charge on any atom is 0.0341 e. The molecule has 0 saturated carbocycles. The molecule has 0 aromatic heterocycles. The molecule has 3 aromatic rings. The molecule has 3 rings (SSSR count). The van der Waals surface area contributed by atoms with Crippen molar-refractivity contribution in [1.29, 1.82) is 0 Å². The second-order valence-corrected chi connectivity index (χ2v) is 4.86. The highest BCUT2D eigenvalue weighted by Gasteiger charge is 2.10. The Bertz CT molecular complexity index is 668. The summed E-state index contributed by atoms with van der Waals surface area (Å²) in [6, 6.07) is 25.2. The predicted molar refractivity (Wildman–Crippen MR) is 81.0 cm³/mol. The van der Waals surface area contributed by atoms with E-state index >= 15 is 0 Å². The zero-order valence-corrected chi connectivity index (χ0v) is 10.8. The summed E-state index contributed by atoms with van der Waals surface area (Å²) in [7, 11) is 0. The number of nitrogens with two attached hydrogens (primary N) is 1. The number of fused-ring (bicyclic) bond motifs is 1. The summed E-state index contributed by atoms with van der Waals surface area (Å²) in [5, 5.41) is 2.51. The molecular weight excluding hydrogens is 230 g/mol. The lowest BCUT2D eigenvalue weighted by atomic mass is 9.95. The molecule has 94 valence electrons. The third kappa shape index (κ3) is 2.51. The van der Waals surface area contributed by atoms with Crippen molar-refractivity contribution in [3.8, 4) is 0 Å². The van der Waals surface area contributed by atoms with Gasteiger partial charge in [0.15, 0.2) is 0 Å². The second-order valence-electron chi connectivity index (χ2n) is 4.86. The number of hydrogen-bond donors (Lipinski definition) is 1. The quantitative estimate of drug-likeness (QED) is 0.741. The van der Waals surface area contributed by atoms with Crippen molar-refractivity contribution in [2.24, 2.45) is 5.73 Å². The van der Waals surface area contributed by atoms with Gasteiger partial charge < -0.3 is 5.73 Å². The predicted octanol–water partition coefficient (Wildman–Crippen LogP) is 4.08. The van der Waals surface area contributed by atoms with E-state index in [1.54, 1.807) is 0 Å². The summed E-state index contributed by atoms with van der Waals surface area (Å²) < 4.78 is 0. The fourth-order valence-electron chi connectivity index (χ4n) is 2.55. The zero-order valence-electron chi connectivity index (χ0n) is 10.8. The minimum Gasteiger partial charge on any atom is -0.324 e. The van der Waals surface area contributed by atoms with Crippen LogP contribution in [0.15, 0.2) is 72.8 Å². The molecule has 0 amide bonds. The van der Waals surface area contributed by atoms with Crippen LogP contribution in [0.5, 0.6) is 0 Å². The second kappa shape index (κ2) is 5.25. The van der Waals surface area contributed by atoms with Crippen LogP contribution in [-0.4, -0.2) is 0 Å². The van der Waals surface area contributed by atoms with Crippen LogP contribution in [-0.2, 0) is 6.42 Å². The van der Waals surface area contributed by atoms with E-state index in [0.29, 0.717) is 0 Å². The van der Waals surface area contributed by atoms with Crippen LogP contribution in [0, 0.1) is 0 Å². The van der Waals surface area contributed by atoms with Crippen LogP contribution >= 0.6 is 0 Å². The van der Waals surface area contributed by atoms with Crippen LogP contribution < -0.4 is 5.73 Å². The van der Waals surface area contributed by atoms with Crippen LogP contribution in [0.2, 0.25) is 0 Å². The average Bonchev–Trinajstić information content (AvgIpc) is 2.47. The molecule has 1 nitrogen and oxygen atoms in total. The Labute approximate surface area is 113 Å². The summed E-state index contributed by atoms with van der Waals surface area (Å²) in [6.45, 7) is 0. The maximum absolute atomic E-state index is 6.39. The van der Waals surface area contributed by atoms with Crippen molar-refractivity contribution >= 4 is 10.8 Å². The standard InChI is InChI=1S/C18H17N/c19-18(13-14-7-2-1-3-8-14)17-12-6-10-15-9-4-5-11-16(15)17/h1-12,18H,13,19H2. The van der Waals surface area contributed by atoms with E-state index in [1.807, 2.05) is 6.07 Å². The lowest BCUT2D eigenvalue weighted by molar-refractivity contribution is 0.728. The molecule has 0 bridgehead atoms. The minimum absolute atomic E-state index is 0.0356. The largest absolute Gasteiger partial charge is 0.324 e. The first kappa shape index (κ1) is 11.9. The van der Waals surface area contributed by atoms with E-state index in [0.717, 1.165) is 6.42 Å². The highest BCUT2D eigenvalue weighted by molar-refractivity contribution is 5.86. The highest BCUT2D eigenvalue weighted by Crippen LogP contribution is 2.25. The smallest absolute Gasteiger partial charge is 0.0341 e. The maximum atomic E-state index is 6.39. The molecule has 1 atom stereocenters. The summed E-state index contributed by atoms with van der Waals surface area (Å²) in [6.07, 6.45) is 0.870. The SMILES string of the molecule is NC(Cc1ccccc1)c1cccc2ccccc12. The molecule has 0 aliphatic carbocycles. The molecule has 0 aliphatic heterocycles. The Morgan fingerprint density at radius 3 is 2.26 bits per heavy atom. The third-order valence-corrected chi connectivity index (χ3v) is 3.52. The van der Waals surface area contributed by atoms with Gasteiger partial charge >= 0.3 is 0 Å². The van der Waals surface area contributed by atoms with Gasteiger partial charge in [0.2, 0.25) is 0 Å². The molecule has 3 aromatic carbocycles. The van der Waals surface area contributed by atoms with Gasteiger partial charge in [-0.2, -0.15) is 0 Å². The van der Waals surface area contributed by atoms with Crippen molar-refractivity contribution in [3.05, 3.63) is 83.9 Å². The molecule has 0 fully saturated rings. The molecule has 0 heterocycles. The molecule has 0 radical (unpaired) electrons. The normalized spacial score (nSPS) is 12.5. The zero-order chi connectivity index (χ0) is 13.1. The Morgan fingerprint density at radius 2 is 1.42 bits per heavy atom. The highest BCUT2D eigenvalue weighted by atomic mass is 14.6. The van der Waals surface area contributed by atoms with Crippen LogP contribution in [0.25, 0.3) is 10.8 Å². The van der Waals surface area contributed by atoms with Crippen LogP contribution in [0.4, 0.5) is 0 Å². The summed E-state index contributed by atoms with van der Waals surface area (Å²) >= 11 is 0. The van der Waals surface area contributed by atoms with E-state index in [2.05, 4.69) is 66.7 Å². The van der Waals surface area contributed by atoms with Gasteiger partial charge in [-0.05, 0) is 28.3 Å². The first-order chi connectivity index (χ1) is 9.34. The average molecular weight is 247 g/mol. The van der Waals surface area contributed by atoms with E-state index < -0.39 is 0 Å². The Hall–Kier alpha value is -2.12. The van der Waals surface area contributed by atoms with Gasteiger partial charge in [0.05, 0.1) is 0 Å². The third-order valence-electron chi connectivity index (χ3n) is 3.52. The number of hydrogen-bond acceptors (Lipinski definition) is 1. The lowest BCUT2D eigenvalue weighted by Crippen LogP contribution is -2.13. The molecule has 1 heteroatoms. The Kier molecular flexibility index (Phi) is 3.30. The Balaban J connectivity index is 1.96. The van der Waals surface area contributed by atoms with Crippen molar-refractivity contribution in [2.75, 3.05) is 0 Å². The number of rotatable bonds is 3. The summed E-state index contributed by atoms with van der Waals surface area (Å²) in [4.78, 5) is 0. The lowest BCUT2D eigenvalue weighted by Gasteiger charge is -2.15. The molecule has 0 aliphatic rings. The summed E-state index contributed by atoms with van der Waals surface area (Å²) in [5.41, 5.74) is 8.90. The van der Waals surface area contributed by atoms with Crippen molar-refractivity contribution in [2.45, 2.75) is 12.5 Å². The van der Waals surface area contributed by atoms with Gasteiger partial charge in [-0.1, -0.05) is 72.8 Å². The minimum atomic E-state index is 0.0356. The fourth-order valence-corrected chi connectivity index (χ4v) is 2.55. The van der Waals surface area contributed by atoms with Gasteiger partial charge in [-0.3, -0.25) is 0 Å². The molecule has 0 spiro atoms. The van der Waals surface area contributed by atoms with Gasteiger partial charge in [0.25, 0.3) is 0 Å². The number of benzene rings is 3. The van der Waals surface area contributed by atoms with Gasteiger partial charge in [-0.25, -0.2) is 0 Å². The van der Waals surface area contributed by atoms with Gasteiger partial charge in [-0.15, -0.1) is 0 Å². The molecule has 2 N–H and O–H groups in total. The van der Waals surface area contributed by atoms with Crippen molar-refractivity contribution in [1.82, 2.24) is 0 Å². The van der Waals surface area contributed by atoms with Crippen LogP contribution in [0.3, 0.4) is 0 Å². The van der Waals surface area contributed by atoms with Gasteiger partial charge in [0.1, 0.15) is 0 Å². The van der Waals surface area contributed by atoms with Gasteiger partial charge in [0, 0.05) is 6.04 Å². The molecule has 1 unspecified atom stereocenters. The molecular formula is C18H17N. The monoisotopic (exact) mass is 247 g/mol. The van der Waals surface area contributed by atoms with Crippen LogP contribution in [0.1, 0.15) is 17.2 Å². The Morgan fingerprint density at radius 1 is 0.737 bits per heavy atom. The van der Waals surface area contributed by atoms with E-state index in [-0.39, 0.29) is 6.04 Å². The van der Waals surface area contributed by atoms with E-state index in [1.165, 1.54) is 21.9 Å². The van der Waals surface area contributed by atoms with E-state index in [9.17, 15) is 0 Å². The molecule has 19 heavy (non-hydrogen) atoms. The van der Waals surface area contributed by atoms with E-state index in [4.69, 9.17) is 5.73 Å². The topological polar surface area (TPSA) is 26.0 Å².